The Morgan fingerprint density at radius 2 is 1.28 bits per heavy atom. The molecule has 130 valence electrons. The molecular weight excluding hydrogens is 316 g/mol. The van der Waals surface area contributed by atoms with Gasteiger partial charge in [0.1, 0.15) is 8.80 Å². The van der Waals surface area contributed by atoms with E-state index in [0.717, 1.165) is 23.7 Å². The molecule has 25 heavy (non-hydrogen) atoms. The molecule has 0 radical (unpaired) electrons. The van der Waals surface area contributed by atoms with Crippen molar-refractivity contribution in [2.75, 3.05) is 0 Å². The summed E-state index contributed by atoms with van der Waals surface area (Å²) in [5, 5.41) is 3.22. The van der Waals surface area contributed by atoms with Crippen molar-refractivity contribution in [2.45, 2.75) is 38.7 Å². The fraction of sp³-hybridized carbons (Fsp3) is 0.417. The highest BCUT2D eigenvalue weighted by Gasteiger charge is 2.43. The van der Waals surface area contributed by atoms with Crippen molar-refractivity contribution in [1.29, 1.82) is 0 Å². The molecule has 0 aromatic heterocycles. The van der Waals surface area contributed by atoms with Gasteiger partial charge in [-0.25, -0.2) is 0 Å². The molecule has 2 aliphatic carbocycles. The van der Waals surface area contributed by atoms with Crippen LogP contribution in [0.5, 0.6) is 0 Å². The molecule has 0 saturated heterocycles. The van der Waals surface area contributed by atoms with Crippen molar-refractivity contribution in [3.05, 3.63) is 72.8 Å². The third kappa shape index (κ3) is 3.53. The standard InChI is InChI=1S/C24H30Si/c1-2-9-23-19-14-15-20(18-19)24(23)16-17-25(21-10-5-3-6-11-21)22-12-7-4-8-13-22/h3-8,10-15,19-20,23-25H,2,9,16-18H2,1H3/t19-,20+,23-,24-/m0/s1. The SMILES string of the molecule is CCC[C@@H]1[C@@H](CC[SiH](c2ccccc2)c2ccccc2)[C@@H]2C=C[C@H]1C2. The molecule has 2 aromatic rings. The van der Waals surface area contributed by atoms with E-state index < -0.39 is 8.80 Å². The highest BCUT2D eigenvalue weighted by Crippen LogP contribution is 2.51. The predicted molar refractivity (Wildman–Crippen MR) is 111 cm³/mol. The fourth-order valence-electron chi connectivity index (χ4n) is 5.47. The number of hydrogen-bond donors (Lipinski definition) is 0. The molecule has 1 saturated carbocycles. The van der Waals surface area contributed by atoms with Crippen LogP contribution in [0.15, 0.2) is 72.8 Å². The molecule has 1 heteroatoms. The van der Waals surface area contributed by atoms with Gasteiger partial charge in [0.15, 0.2) is 0 Å². The summed E-state index contributed by atoms with van der Waals surface area (Å²) in [4.78, 5) is 0. The number of rotatable bonds is 7. The smallest absolute Gasteiger partial charge is 0.0848 e. The first-order valence-corrected chi connectivity index (χ1v) is 12.1. The van der Waals surface area contributed by atoms with Crippen molar-refractivity contribution in [2.24, 2.45) is 23.7 Å². The zero-order chi connectivity index (χ0) is 17.1. The van der Waals surface area contributed by atoms with Gasteiger partial charge < -0.3 is 0 Å². The van der Waals surface area contributed by atoms with Crippen LogP contribution in [0.3, 0.4) is 0 Å². The van der Waals surface area contributed by atoms with E-state index in [1.54, 1.807) is 10.4 Å². The zero-order valence-electron chi connectivity index (χ0n) is 15.4. The second-order valence-corrected chi connectivity index (χ2v) is 11.0. The molecule has 0 nitrogen and oxygen atoms in total. The first-order chi connectivity index (χ1) is 12.4. The summed E-state index contributed by atoms with van der Waals surface area (Å²) in [6.07, 6.45) is 10.7. The Bertz CT molecular complexity index is 651. The van der Waals surface area contributed by atoms with Gasteiger partial charge in [0.25, 0.3) is 0 Å². The van der Waals surface area contributed by atoms with Crippen LogP contribution in [0.4, 0.5) is 0 Å². The number of allylic oxidation sites excluding steroid dienone is 2. The van der Waals surface area contributed by atoms with Gasteiger partial charge >= 0.3 is 0 Å². The lowest BCUT2D eigenvalue weighted by molar-refractivity contribution is 0.281. The highest BCUT2D eigenvalue weighted by atomic mass is 28.3. The Balaban J connectivity index is 1.53. The molecule has 0 heterocycles. The Morgan fingerprint density at radius 1 is 0.760 bits per heavy atom. The fourth-order valence-corrected chi connectivity index (χ4v) is 8.62. The summed E-state index contributed by atoms with van der Waals surface area (Å²) >= 11 is 0. The quantitative estimate of drug-likeness (QED) is 0.505. The van der Waals surface area contributed by atoms with E-state index in [1.165, 1.54) is 31.7 Å². The third-order valence-electron chi connectivity index (χ3n) is 6.61. The summed E-state index contributed by atoms with van der Waals surface area (Å²) in [6, 6.07) is 24.1. The zero-order valence-corrected chi connectivity index (χ0v) is 16.5. The molecular formula is C24H30Si. The van der Waals surface area contributed by atoms with Crippen LogP contribution in [0.1, 0.15) is 32.6 Å². The van der Waals surface area contributed by atoms with E-state index in [1.807, 2.05) is 0 Å². The summed E-state index contributed by atoms with van der Waals surface area (Å²) in [5.41, 5.74) is 0. The molecule has 1 fully saturated rings. The Morgan fingerprint density at radius 3 is 1.80 bits per heavy atom. The lowest BCUT2D eigenvalue weighted by atomic mass is 9.79. The molecule has 0 amide bonds. The lowest BCUT2D eigenvalue weighted by Gasteiger charge is -2.29. The average molecular weight is 347 g/mol. The molecule has 2 aromatic carbocycles. The minimum atomic E-state index is -1.10. The summed E-state index contributed by atoms with van der Waals surface area (Å²) in [6.45, 7) is 2.36. The van der Waals surface area contributed by atoms with Gasteiger partial charge in [-0.15, -0.1) is 0 Å². The van der Waals surface area contributed by atoms with Crippen molar-refractivity contribution in [3.8, 4) is 0 Å². The van der Waals surface area contributed by atoms with Crippen LogP contribution in [0.2, 0.25) is 6.04 Å². The molecule has 2 aliphatic rings. The van der Waals surface area contributed by atoms with Gasteiger partial charge in [0, 0.05) is 0 Å². The number of benzene rings is 2. The summed E-state index contributed by atoms with van der Waals surface area (Å²) < 4.78 is 0. The first-order valence-electron chi connectivity index (χ1n) is 10.1. The van der Waals surface area contributed by atoms with E-state index in [0.29, 0.717) is 0 Å². The van der Waals surface area contributed by atoms with E-state index in [4.69, 9.17) is 0 Å². The molecule has 4 rings (SSSR count). The van der Waals surface area contributed by atoms with E-state index in [-0.39, 0.29) is 0 Å². The molecule has 2 bridgehead atoms. The van der Waals surface area contributed by atoms with Gasteiger partial charge in [-0.1, -0.05) is 109 Å². The maximum Gasteiger partial charge on any atom is 0.103 e. The minimum absolute atomic E-state index is 0.878. The van der Waals surface area contributed by atoms with Crippen LogP contribution in [0, 0.1) is 23.7 Å². The summed E-state index contributed by atoms with van der Waals surface area (Å²) in [5.74, 6) is 3.67. The van der Waals surface area contributed by atoms with Crippen molar-refractivity contribution >= 4 is 19.2 Å². The van der Waals surface area contributed by atoms with Crippen molar-refractivity contribution < 1.29 is 0 Å². The van der Waals surface area contributed by atoms with Crippen molar-refractivity contribution in [1.82, 2.24) is 0 Å². The van der Waals surface area contributed by atoms with Crippen LogP contribution >= 0.6 is 0 Å². The summed E-state index contributed by atoms with van der Waals surface area (Å²) in [7, 11) is -1.10. The van der Waals surface area contributed by atoms with Crippen LogP contribution in [-0.4, -0.2) is 8.80 Å². The molecule has 0 aliphatic heterocycles. The topological polar surface area (TPSA) is 0 Å². The molecule has 4 atom stereocenters. The van der Waals surface area contributed by atoms with Gasteiger partial charge in [-0.2, -0.15) is 0 Å². The second-order valence-electron chi connectivity index (χ2n) is 8.02. The van der Waals surface area contributed by atoms with Crippen LogP contribution in [-0.2, 0) is 0 Å². The minimum Gasteiger partial charge on any atom is -0.0848 e. The van der Waals surface area contributed by atoms with Crippen LogP contribution < -0.4 is 10.4 Å². The van der Waals surface area contributed by atoms with Gasteiger partial charge in [-0.05, 0) is 36.5 Å². The normalized spacial score (nSPS) is 27.3. The number of fused-ring (bicyclic) bond motifs is 2. The van der Waals surface area contributed by atoms with Crippen LogP contribution in [0.25, 0.3) is 0 Å². The monoisotopic (exact) mass is 346 g/mol. The lowest BCUT2D eigenvalue weighted by Crippen LogP contribution is -2.42. The van der Waals surface area contributed by atoms with E-state index >= 15 is 0 Å². The van der Waals surface area contributed by atoms with Gasteiger partial charge in [0.2, 0.25) is 0 Å². The van der Waals surface area contributed by atoms with Gasteiger partial charge in [0.05, 0.1) is 0 Å². The maximum atomic E-state index is 2.54. The third-order valence-corrected chi connectivity index (χ3v) is 9.90. The van der Waals surface area contributed by atoms with Crippen molar-refractivity contribution in [3.63, 3.8) is 0 Å². The molecule has 0 spiro atoms. The van der Waals surface area contributed by atoms with E-state index in [2.05, 4.69) is 79.7 Å². The van der Waals surface area contributed by atoms with E-state index in [9.17, 15) is 0 Å². The first kappa shape index (κ1) is 16.8. The second kappa shape index (κ2) is 7.74. The maximum absolute atomic E-state index is 2.54. The highest BCUT2D eigenvalue weighted by molar-refractivity contribution is 6.85. The predicted octanol–water partition coefficient (Wildman–Crippen LogP) is 4.66. The average Bonchev–Trinajstić information content (AvgIpc) is 3.26. The van der Waals surface area contributed by atoms with Gasteiger partial charge in [-0.3, -0.25) is 0 Å². The Kier molecular flexibility index (Phi) is 5.21. The Labute approximate surface area is 154 Å². The molecule has 0 N–H and O–H groups in total. The largest absolute Gasteiger partial charge is 0.103 e. The number of hydrogen-bond acceptors (Lipinski definition) is 0. The molecule has 0 unspecified atom stereocenters. The Hall–Kier alpha value is -1.60.